The number of rotatable bonds is 7. The van der Waals surface area contributed by atoms with E-state index < -0.39 is 0 Å². The molecule has 0 spiro atoms. The molecular weight excluding hydrogens is 317 g/mol. The zero-order valence-corrected chi connectivity index (χ0v) is 14.1. The second-order valence-electron chi connectivity index (χ2n) is 5.12. The van der Waals surface area contributed by atoms with Crippen LogP contribution in [0.5, 0.6) is 0 Å². The first kappa shape index (κ1) is 18.0. The summed E-state index contributed by atoms with van der Waals surface area (Å²) in [7, 11) is 1.54. The van der Waals surface area contributed by atoms with Gasteiger partial charge in [0.2, 0.25) is 12.4 Å². The number of hydrogen-bond donors (Lipinski definition) is 0. The summed E-state index contributed by atoms with van der Waals surface area (Å²) < 4.78 is 15.5. The molecule has 1 aromatic carbocycles. The van der Waals surface area contributed by atoms with Crippen molar-refractivity contribution in [1.29, 1.82) is 0 Å². The number of nitrogens with zero attached hydrogens (tertiary/aromatic N) is 3. The van der Waals surface area contributed by atoms with Crippen molar-refractivity contribution in [2.75, 3.05) is 7.11 Å². The fourth-order valence-electron chi connectivity index (χ4n) is 2.26. The minimum absolute atomic E-state index is 0.346. The summed E-state index contributed by atoms with van der Waals surface area (Å²) >= 11 is 0. The van der Waals surface area contributed by atoms with Gasteiger partial charge < -0.3 is 0 Å². The van der Waals surface area contributed by atoms with E-state index >= 15 is 0 Å². The number of hydrogen-bond acceptors (Lipinski definition) is 3. The Balaban J connectivity index is 2.40. The molecule has 0 unspecified atom stereocenters. The Morgan fingerprint density at radius 1 is 1.16 bits per heavy atom. The van der Waals surface area contributed by atoms with Gasteiger partial charge in [0.05, 0.1) is 5.70 Å². The molecule has 126 valence electrons. The molecule has 0 N–H and O–H groups in total. The highest BCUT2D eigenvalue weighted by atomic mass is 19.1. The number of halogens is 1. The van der Waals surface area contributed by atoms with E-state index in [0.717, 1.165) is 5.56 Å². The highest BCUT2D eigenvalue weighted by Gasteiger charge is 2.14. The van der Waals surface area contributed by atoms with Crippen molar-refractivity contribution < 1.29 is 14.0 Å². The van der Waals surface area contributed by atoms with E-state index in [-0.39, 0.29) is 5.82 Å². The largest absolute Gasteiger partial charge is 0.275 e. The van der Waals surface area contributed by atoms with Crippen molar-refractivity contribution >= 4 is 30.4 Å². The summed E-state index contributed by atoms with van der Waals surface area (Å²) in [5.74, 6) is -0.381. The molecule has 2 rings (SSSR count). The molecule has 0 saturated heterocycles. The second-order valence-corrected chi connectivity index (χ2v) is 5.12. The molecule has 0 aliphatic carbocycles. The van der Waals surface area contributed by atoms with Gasteiger partial charge in [0.1, 0.15) is 18.6 Å². The molecule has 0 amide bonds. The van der Waals surface area contributed by atoms with Crippen LogP contribution in [0.1, 0.15) is 11.1 Å². The molecule has 5 heteroatoms. The van der Waals surface area contributed by atoms with Crippen molar-refractivity contribution in [3.05, 3.63) is 84.5 Å². The Labute approximate surface area is 146 Å². The molecule has 0 fully saturated rings. The normalized spacial score (nSPS) is 10.9. The molecule has 1 heterocycles. The lowest BCUT2D eigenvalue weighted by molar-refractivity contribution is -0.885. The van der Waals surface area contributed by atoms with Crippen LogP contribution in [0.3, 0.4) is 0 Å². The standard InChI is InChI=1S/C20H19FN3O/c1-14(12-19(22-3)17-8-6-7-9-18(17)21)15(2)16-10-11-24(25-5)13-20(16)23-4/h6-13H,1-4H2,5H3/q+1. The Hall–Kier alpha value is -3.34. The average Bonchev–Trinajstić information content (AvgIpc) is 2.65. The highest BCUT2D eigenvalue weighted by Crippen LogP contribution is 2.30. The van der Waals surface area contributed by atoms with Crippen LogP contribution >= 0.6 is 0 Å². The van der Waals surface area contributed by atoms with E-state index in [4.69, 9.17) is 4.84 Å². The van der Waals surface area contributed by atoms with Gasteiger partial charge in [-0.05, 0) is 42.8 Å². The third-order valence-electron chi connectivity index (χ3n) is 3.64. The third-order valence-corrected chi connectivity index (χ3v) is 3.64. The molecule has 0 aliphatic heterocycles. The van der Waals surface area contributed by atoms with E-state index in [1.165, 1.54) is 10.8 Å². The van der Waals surface area contributed by atoms with E-state index in [0.29, 0.717) is 28.1 Å². The Kier molecular flexibility index (Phi) is 5.74. The fourth-order valence-corrected chi connectivity index (χ4v) is 2.26. The lowest BCUT2D eigenvalue weighted by atomic mass is 9.98. The first-order valence-corrected chi connectivity index (χ1v) is 7.40. The zero-order valence-electron chi connectivity index (χ0n) is 14.1. The Morgan fingerprint density at radius 2 is 1.88 bits per heavy atom. The van der Waals surface area contributed by atoms with E-state index in [2.05, 4.69) is 36.6 Å². The van der Waals surface area contributed by atoms with Crippen LogP contribution in [0.15, 0.2) is 77.5 Å². The minimum atomic E-state index is -0.381. The van der Waals surface area contributed by atoms with Gasteiger partial charge in [-0.3, -0.25) is 14.8 Å². The summed E-state index contributed by atoms with van der Waals surface area (Å²) in [6.45, 7) is 15.1. The van der Waals surface area contributed by atoms with Crippen LogP contribution in [-0.4, -0.2) is 20.5 Å². The number of benzene rings is 1. The number of allylic oxidation sites excluding steroid dienone is 3. The topological polar surface area (TPSA) is 37.8 Å². The predicted octanol–water partition coefficient (Wildman–Crippen LogP) is 3.81. The van der Waals surface area contributed by atoms with E-state index in [1.54, 1.807) is 49.8 Å². The summed E-state index contributed by atoms with van der Waals surface area (Å²) in [6.07, 6.45) is 5.03. The first-order chi connectivity index (χ1) is 12.0. The van der Waals surface area contributed by atoms with Crippen LogP contribution in [0, 0.1) is 5.82 Å². The molecule has 0 radical (unpaired) electrons. The van der Waals surface area contributed by atoms with Crippen LogP contribution < -0.4 is 9.57 Å². The molecule has 0 saturated carbocycles. The summed E-state index contributed by atoms with van der Waals surface area (Å²) in [5, 5.41) is 0. The number of aliphatic imine (C=N–C) groups is 2. The van der Waals surface area contributed by atoms with Crippen LogP contribution in [0.4, 0.5) is 10.1 Å². The number of aromatic nitrogens is 1. The van der Waals surface area contributed by atoms with Crippen LogP contribution in [0.2, 0.25) is 0 Å². The SMILES string of the molecule is C=NC(=CC(=C)C(=C)c1cc[n+](OC)cc1N=C)c1ccccc1F. The van der Waals surface area contributed by atoms with Crippen molar-refractivity contribution in [1.82, 2.24) is 0 Å². The van der Waals surface area contributed by atoms with E-state index in [9.17, 15) is 4.39 Å². The second kappa shape index (κ2) is 7.97. The fraction of sp³-hybridized carbons (Fsp3) is 0.0500. The van der Waals surface area contributed by atoms with Gasteiger partial charge in [0.15, 0.2) is 0 Å². The van der Waals surface area contributed by atoms with Crippen molar-refractivity contribution in [3.63, 3.8) is 0 Å². The Bertz CT molecular complexity index is 884. The van der Waals surface area contributed by atoms with Crippen LogP contribution in [-0.2, 0) is 0 Å². The van der Waals surface area contributed by atoms with Gasteiger partial charge in [-0.2, -0.15) is 0 Å². The van der Waals surface area contributed by atoms with Gasteiger partial charge in [-0.1, -0.05) is 25.3 Å². The summed E-state index contributed by atoms with van der Waals surface area (Å²) in [4.78, 5) is 13.0. The Morgan fingerprint density at radius 3 is 2.48 bits per heavy atom. The summed E-state index contributed by atoms with van der Waals surface area (Å²) in [6, 6.07) is 8.14. The van der Waals surface area contributed by atoms with Crippen molar-refractivity contribution in [2.45, 2.75) is 0 Å². The quantitative estimate of drug-likeness (QED) is 0.430. The molecule has 0 aliphatic rings. The van der Waals surface area contributed by atoms with Crippen LogP contribution in [0.25, 0.3) is 11.3 Å². The molecule has 0 atom stereocenters. The lowest BCUT2D eigenvalue weighted by Crippen LogP contribution is -2.39. The molecule has 25 heavy (non-hydrogen) atoms. The molecule has 2 aromatic rings. The maximum Gasteiger partial charge on any atom is 0.248 e. The maximum atomic E-state index is 14.0. The average molecular weight is 336 g/mol. The molecular formula is C20H19FN3O+. The third kappa shape index (κ3) is 3.95. The zero-order chi connectivity index (χ0) is 18.4. The van der Waals surface area contributed by atoms with Gasteiger partial charge >= 0.3 is 0 Å². The van der Waals surface area contributed by atoms with Gasteiger partial charge in [0, 0.05) is 21.9 Å². The molecule has 4 nitrogen and oxygen atoms in total. The van der Waals surface area contributed by atoms with Gasteiger partial charge in [0.25, 0.3) is 0 Å². The maximum absolute atomic E-state index is 14.0. The lowest BCUT2D eigenvalue weighted by Gasteiger charge is -2.09. The van der Waals surface area contributed by atoms with Gasteiger partial charge in [-0.25, -0.2) is 4.39 Å². The predicted molar refractivity (Wildman–Crippen MR) is 100 cm³/mol. The van der Waals surface area contributed by atoms with Crippen molar-refractivity contribution in [2.24, 2.45) is 9.98 Å². The smallest absolute Gasteiger partial charge is 0.248 e. The number of pyridine rings is 1. The first-order valence-electron chi connectivity index (χ1n) is 7.40. The molecule has 1 aromatic heterocycles. The summed E-state index contributed by atoms with van der Waals surface area (Å²) in [5.41, 5.74) is 3.22. The highest BCUT2D eigenvalue weighted by molar-refractivity contribution is 5.87. The monoisotopic (exact) mass is 336 g/mol. The molecule has 0 bridgehead atoms. The van der Waals surface area contributed by atoms with E-state index in [1.807, 2.05) is 0 Å². The van der Waals surface area contributed by atoms with Gasteiger partial charge in [-0.15, -0.1) is 0 Å². The van der Waals surface area contributed by atoms with Crippen molar-refractivity contribution in [3.8, 4) is 0 Å². The minimum Gasteiger partial charge on any atom is -0.275 e.